The van der Waals surface area contributed by atoms with Crippen LogP contribution < -0.4 is 5.90 Å². The SMILES string of the molecule is NOCc1ccc2c(c1)CCS2. The summed E-state index contributed by atoms with van der Waals surface area (Å²) < 4.78 is 0. The standard InChI is InChI=1S/C9H11NOS/c10-11-6-7-1-2-9-8(5-7)3-4-12-9/h1-2,5H,3-4,6,10H2. The Kier molecular flexibility index (Phi) is 2.35. The molecule has 0 amide bonds. The number of rotatable bonds is 2. The van der Waals surface area contributed by atoms with Crippen molar-refractivity contribution in [3.8, 4) is 0 Å². The van der Waals surface area contributed by atoms with Crippen LogP contribution in [0.4, 0.5) is 0 Å². The lowest BCUT2D eigenvalue weighted by Crippen LogP contribution is -1.99. The van der Waals surface area contributed by atoms with Crippen molar-refractivity contribution in [2.45, 2.75) is 17.9 Å². The van der Waals surface area contributed by atoms with Gasteiger partial charge in [-0.15, -0.1) is 11.8 Å². The Bertz CT molecular complexity index is 288. The van der Waals surface area contributed by atoms with Crippen molar-refractivity contribution >= 4 is 11.8 Å². The number of hydrogen-bond donors (Lipinski definition) is 1. The van der Waals surface area contributed by atoms with Gasteiger partial charge in [0.25, 0.3) is 0 Å². The molecular weight excluding hydrogens is 170 g/mol. The Balaban J connectivity index is 2.26. The maximum absolute atomic E-state index is 5.00. The third kappa shape index (κ3) is 1.48. The van der Waals surface area contributed by atoms with Crippen molar-refractivity contribution in [3.63, 3.8) is 0 Å². The van der Waals surface area contributed by atoms with Gasteiger partial charge in [0, 0.05) is 10.6 Å². The molecule has 1 aromatic rings. The second-order valence-corrected chi connectivity index (χ2v) is 3.99. The number of aryl methyl sites for hydroxylation is 1. The van der Waals surface area contributed by atoms with Crippen LogP contribution in [0.15, 0.2) is 23.1 Å². The molecule has 0 atom stereocenters. The van der Waals surface area contributed by atoms with Crippen LogP contribution in [0.5, 0.6) is 0 Å². The molecule has 1 heterocycles. The molecule has 0 fully saturated rings. The predicted octanol–water partition coefficient (Wildman–Crippen LogP) is 1.73. The van der Waals surface area contributed by atoms with Gasteiger partial charge in [-0.05, 0) is 23.6 Å². The third-order valence-electron chi connectivity index (χ3n) is 2.00. The minimum absolute atomic E-state index is 0.512. The highest BCUT2D eigenvalue weighted by Crippen LogP contribution is 2.31. The van der Waals surface area contributed by atoms with Crippen LogP contribution in [0.2, 0.25) is 0 Å². The van der Waals surface area contributed by atoms with Gasteiger partial charge < -0.3 is 0 Å². The molecule has 2 rings (SSSR count). The van der Waals surface area contributed by atoms with Gasteiger partial charge in [-0.2, -0.15) is 0 Å². The van der Waals surface area contributed by atoms with Gasteiger partial charge in [-0.3, -0.25) is 4.84 Å². The normalized spacial score (nSPS) is 14.8. The van der Waals surface area contributed by atoms with Gasteiger partial charge in [0.2, 0.25) is 0 Å². The number of thioether (sulfide) groups is 1. The third-order valence-corrected chi connectivity index (χ3v) is 3.12. The maximum Gasteiger partial charge on any atom is 0.0930 e. The predicted molar refractivity (Wildman–Crippen MR) is 49.8 cm³/mol. The van der Waals surface area contributed by atoms with Crippen molar-refractivity contribution in [1.82, 2.24) is 0 Å². The molecule has 0 spiro atoms. The first-order chi connectivity index (χ1) is 5.90. The topological polar surface area (TPSA) is 35.2 Å². The molecule has 1 aliphatic heterocycles. The van der Waals surface area contributed by atoms with E-state index in [0.29, 0.717) is 6.61 Å². The van der Waals surface area contributed by atoms with E-state index in [1.807, 2.05) is 11.8 Å². The van der Waals surface area contributed by atoms with E-state index >= 15 is 0 Å². The molecule has 2 N–H and O–H groups in total. The largest absolute Gasteiger partial charge is 0.300 e. The number of benzene rings is 1. The molecular formula is C9H11NOS. The molecule has 1 aromatic carbocycles. The fourth-order valence-corrected chi connectivity index (χ4v) is 2.48. The van der Waals surface area contributed by atoms with Crippen molar-refractivity contribution in [3.05, 3.63) is 29.3 Å². The van der Waals surface area contributed by atoms with Crippen LogP contribution in [0, 0.1) is 0 Å². The Morgan fingerprint density at radius 2 is 2.42 bits per heavy atom. The molecule has 1 aliphatic rings. The molecule has 12 heavy (non-hydrogen) atoms. The van der Waals surface area contributed by atoms with Crippen LogP contribution in [-0.2, 0) is 17.9 Å². The first-order valence-corrected chi connectivity index (χ1v) is 4.95. The second kappa shape index (κ2) is 3.47. The summed E-state index contributed by atoms with van der Waals surface area (Å²) in [6, 6.07) is 6.41. The first-order valence-electron chi connectivity index (χ1n) is 3.96. The maximum atomic E-state index is 5.00. The average Bonchev–Trinajstić information content (AvgIpc) is 2.51. The van der Waals surface area contributed by atoms with Gasteiger partial charge in [0.15, 0.2) is 0 Å². The van der Waals surface area contributed by atoms with E-state index < -0.39 is 0 Å². The van der Waals surface area contributed by atoms with E-state index in [2.05, 4.69) is 23.0 Å². The molecule has 64 valence electrons. The fraction of sp³-hybridized carbons (Fsp3) is 0.333. The van der Waals surface area contributed by atoms with Gasteiger partial charge >= 0.3 is 0 Å². The minimum Gasteiger partial charge on any atom is -0.300 e. The number of nitrogens with two attached hydrogens (primary N) is 1. The Morgan fingerprint density at radius 1 is 1.50 bits per heavy atom. The van der Waals surface area contributed by atoms with Crippen LogP contribution in [0.3, 0.4) is 0 Å². The lowest BCUT2D eigenvalue weighted by molar-refractivity contribution is 0.124. The van der Waals surface area contributed by atoms with Crippen molar-refractivity contribution in [2.75, 3.05) is 5.75 Å². The van der Waals surface area contributed by atoms with Gasteiger partial charge in [0.05, 0.1) is 6.61 Å². The second-order valence-electron chi connectivity index (χ2n) is 2.85. The minimum atomic E-state index is 0.512. The van der Waals surface area contributed by atoms with Crippen molar-refractivity contribution in [1.29, 1.82) is 0 Å². The van der Waals surface area contributed by atoms with Gasteiger partial charge in [-0.25, -0.2) is 5.90 Å². The number of hydrogen-bond acceptors (Lipinski definition) is 3. The van der Waals surface area contributed by atoms with E-state index in [0.717, 1.165) is 0 Å². The summed E-state index contributed by atoms with van der Waals surface area (Å²) in [6.07, 6.45) is 1.18. The highest BCUT2D eigenvalue weighted by atomic mass is 32.2. The van der Waals surface area contributed by atoms with Crippen LogP contribution >= 0.6 is 11.8 Å². The summed E-state index contributed by atoms with van der Waals surface area (Å²) in [5, 5.41) is 0. The van der Waals surface area contributed by atoms with Crippen LogP contribution in [-0.4, -0.2) is 5.75 Å². The molecule has 0 aromatic heterocycles. The smallest absolute Gasteiger partial charge is 0.0930 e. The highest BCUT2D eigenvalue weighted by Gasteiger charge is 2.10. The molecule has 0 saturated carbocycles. The fourth-order valence-electron chi connectivity index (χ4n) is 1.43. The molecule has 3 heteroatoms. The summed E-state index contributed by atoms with van der Waals surface area (Å²) in [6.45, 7) is 0.512. The quantitative estimate of drug-likeness (QED) is 0.706. The zero-order chi connectivity index (χ0) is 8.39. The van der Waals surface area contributed by atoms with E-state index in [4.69, 9.17) is 5.90 Å². The molecule has 0 bridgehead atoms. The first kappa shape index (κ1) is 8.10. The lowest BCUT2D eigenvalue weighted by Gasteiger charge is -2.01. The van der Waals surface area contributed by atoms with Crippen molar-refractivity contribution < 1.29 is 4.84 Å². The molecule has 2 nitrogen and oxygen atoms in total. The van der Waals surface area contributed by atoms with Gasteiger partial charge in [0.1, 0.15) is 0 Å². The van der Waals surface area contributed by atoms with E-state index in [9.17, 15) is 0 Å². The van der Waals surface area contributed by atoms with Crippen molar-refractivity contribution in [2.24, 2.45) is 5.90 Å². The number of fused-ring (bicyclic) bond motifs is 1. The van der Waals surface area contributed by atoms with E-state index in [1.165, 1.54) is 28.2 Å². The molecule has 0 aliphatic carbocycles. The van der Waals surface area contributed by atoms with E-state index in [1.54, 1.807) is 0 Å². The summed E-state index contributed by atoms with van der Waals surface area (Å²) >= 11 is 1.92. The monoisotopic (exact) mass is 181 g/mol. The summed E-state index contributed by atoms with van der Waals surface area (Å²) in [4.78, 5) is 5.99. The van der Waals surface area contributed by atoms with Crippen LogP contribution in [0.1, 0.15) is 11.1 Å². The summed E-state index contributed by atoms with van der Waals surface area (Å²) in [7, 11) is 0. The average molecular weight is 181 g/mol. The molecule has 0 unspecified atom stereocenters. The van der Waals surface area contributed by atoms with Gasteiger partial charge in [-0.1, -0.05) is 12.1 Å². The Labute approximate surface area is 76.1 Å². The van der Waals surface area contributed by atoms with Crippen LogP contribution in [0.25, 0.3) is 0 Å². The summed E-state index contributed by atoms with van der Waals surface area (Å²) in [5.41, 5.74) is 2.60. The van der Waals surface area contributed by atoms with E-state index in [-0.39, 0.29) is 0 Å². The molecule has 0 saturated heterocycles. The zero-order valence-corrected chi connectivity index (χ0v) is 7.56. The lowest BCUT2D eigenvalue weighted by atomic mass is 10.1. The Hall–Kier alpha value is -0.510. The highest BCUT2D eigenvalue weighted by molar-refractivity contribution is 7.99. The summed E-state index contributed by atoms with van der Waals surface area (Å²) in [5.74, 6) is 6.21. The Morgan fingerprint density at radius 3 is 3.25 bits per heavy atom. The molecule has 0 radical (unpaired) electrons. The zero-order valence-electron chi connectivity index (χ0n) is 6.75.